The van der Waals surface area contributed by atoms with Gasteiger partial charge in [-0.1, -0.05) is 19.9 Å². The Morgan fingerprint density at radius 2 is 1.92 bits per heavy atom. The minimum Gasteiger partial charge on any atom is -0.493 e. The number of ether oxygens (including phenoxy) is 1. The number of hydrogen-bond acceptors (Lipinski definition) is 5. The SMILES string of the molecule is Cc1c(NC(=O)c2ccc(OCC3CC3)cc2)ccc2cc(C(C)NCC(C)(C)C[S@](C)=O)cnc12. The van der Waals surface area contributed by atoms with Crippen LogP contribution in [0.3, 0.4) is 0 Å². The number of rotatable bonds is 11. The molecule has 4 rings (SSSR count). The van der Waals surface area contributed by atoms with Gasteiger partial charge in [-0.15, -0.1) is 0 Å². The van der Waals surface area contributed by atoms with Crippen LogP contribution in [0.1, 0.15) is 61.1 Å². The second-order valence-electron chi connectivity index (χ2n) is 10.8. The van der Waals surface area contributed by atoms with Crippen LogP contribution in [0.2, 0.25) is 0 Å². The summed E-state index contributed by atoms with van der Waals surface area (Å²) in [5.41, 5.74) is 4.19. The Bertz CT molecular complexity index is 1250. The maximum absolute atomic E-state index is 12.9. The van der Waals surface area contributed by atoms with Gasteiger partial charge >= 0.3 is 0 Å². The van der Waals surface area contributed by atoms with Gasteiger partial charge in [-0.05, 0) is 85.5 Å². The molecule has 192 valence electrons. The van der Waals surface area contributed by atoms with Crippen LogP contribution in [0, 0.1) is 18.3 Å². The lowest BCUT2D eigenvalue weighted by Gasteiger charge is -2.26. The van der Waals surface area contributed by atoms with Crippen molar-refractivity contribution in [3.63, 3.8) is 0 Å². The molecule has 36 heavy (non-hydrogen) atoms. The Morgan fingerprint density at radius 1 is 1.19 bits per heavy atom. The zero-order valence-electron chi connectivity index (χ0n) is 21.9. The number of amides is 1. The molecule has 3 aromatic rings. The van der Waals surface area contributed by atoms with Gasteiger partial charge in [0.05, 0.1) is 12.1 Å². The summed E-state index contributed by atoms with van der Waals surface area (Å²) >= 11 is 0. The van der Waals surface area contributed by atoms with Crippen molar-refractivity contribution in [2.75, 3.05) is 30.5 Å². The summed E-state index contributed by atoms with van der Waals surface area (Å²) in [4.78, 5) is 17.6. The summed E-state index contributed by atoms with van der Waals surface area (Å²) in [6.07, 6.45) is 6.14. The quantitative estimate of drug-likeness (QED) is 0.351. The van der Waals surface area contributed by atoms with Gasteiger partial charge in [-0.25, -0.2) is 0 Å². The number of aromatic nitrogens is 1. The van der Waals surface area contributed by atoms with Crippen molar-refractivity contribution >= 4 is 33.3 Å². The van der Waals surface area contributed by atoms with Crippen LogP contribution in [-0.4, -0.2) is 40.3 Å². The first-order valence-electron chi connectivity index (χ1n) is 12.6. The van der Waals surface area contributed by atoms with E-state index in [4.69, 9.17) is 9.72 Å². The summed E-state index contributed by atoms with van der Waals surface area (Å²) in [7, 11) is -0.824. The lowest BCUT2D eigenvalue weighted by molar-refractivity contribution is 0.102. The standard InChI is InChI=1S/C29H37N3O3S/c1-19-26(32-28(33)22-8-11-25(12-9-22)35-16-21-6-7-21)13-10-23-14-24(15-30-27(19)23)20(2)31-17-29(3,4)18-36(5)34/h8-15,20-21,31H,6-7,16-18H2,1-5H3,(H,32,33)/t20?,36-/m0/s1. The van der Waals surface area contributed by atoms with Crippen LogP contribution in [0.5, 0.6) is 5.75 Å². The Kier molecular flexibility index (Phi) is 8.10. The molecular weight excluding hydrogens is 470 g/mol. The number of nitrogens with one attached hydrogen (secondary N) is 2. The van der Waals surface area contributed by atoms with Gasteiger partial charge < -0.3 is 15.4 Å². The first kappa shape index (κ1) is 26.3. The first-order chi connectivity index (χ1) is 17.1. The van der Waals surface area contributed by atoms with Gasteiger partial charge in [0.1, 0.15) is 5.75 Å². The van der Waals surface area contributed by atoms with Gasteiger partial charge in [-0.3, -0.25) is 14.0 Å². The Morgan fingerprint density at radius 3 is 2.58 bits per heavy atom. The molecule has 2 aromatic carbocycles. The summed E-state index contributed by atoms with van der Waals surface area (Å²) in [6, 6.07) is 13.5. The van der Waals surface area contributed by atoms with Gasteiger partial charge in [-0.2, -0.15) is 0 Å². The summed E-state index contributed by atoms with van der Waals surface area (Å²) in [6.45, 7) is 9.88. The molecule has 0 radical (unpaired) electrons. The second-order valence-corrected chi connectivity index (χ2v) is 12.2. The molecule has 1 fully saturated rings. The lowest BCUT2D eigenvalue weighted by atomic mass is 9.95. The molecule has 1 aliphatic rings. The van der Waals surface area contributed by atoms with Crippen molar-refractivity contribution in [1.29, 1.82) is 0 Å². The van der Waals surface area contributed by atoms with Crippen molar-refractivity contribution in [3.05, 3.63) is 65.4 Å². The van der Waals surface area contributed by atoms with E-state index in [9.17, 15) is 9.00 Å². The highest BCUT2D eigenvalue weighted by Gasteiger charge is 2.22. The van der Waals surface area contributed by atoms with E-state index in [1.54, 1.807) is 18.4 Å². The van der Waals surface area contributed by atoms with E-state index < -0.39 is 10.8 Å². The van der Waals surface area contributed by atoms with E-state index >= 15 is 0 Å². The molecule has 0 saturated heterocycles. The molecule has 0 bridgehead atoms. The van der Waals surface area contributed by atoms with Crippen LogP contribution in [0.25, 0.3) is 10.9 Å². The number of fused-ring (bicyclic) bond motifs is 1. The predicted molar refractivity (Wildman–Crippen MR) is 148 cm³/mol. The number of benzene rings is 2. The fourth-order valence-electron chi connectivity index (χ4n) is 4.28. The lowest BCUT2D eigenvalue weighted by Crippen LogP contribution is -2.35. The van der Waals surface area contributed by atoms with Gasteiger partial charge in [0.25, 0.3) is 5.91 Å². The maximum Gasteiger partial charge on any atom is 0.255 e. The molecule has 1 heterocycles. The molecule has 0 spiro atoms. The number of carbonyl (C=O) groups is 1. The van der Waals surface area contributed by atoms with Gasteiger partial charge in [0.2, 0.25) is 0 Å². The van der Waals surface area contributed by atoms with Crippen LogP contribution in [0.4, 0.5) is 5.69 Å². The minimum absolute atomic E-state index is 0.0498. The van der Waals surface area contributed by atoms with E-state index in [2.05, 4.69) is 37.5 Å². The van der Waals surface area contributed by atoms with Crippen LogP contribution < -0.4 is 15.4 Å². The number of carbonyl (C=O) groups excluding carboxylic acids is 1. The summed E-state index contributed by atoms with van der Waals surface area (Å²) < 4.78 is 17.4. The van der Waals surface area contributed by atoms with Crippen molar-refractivity contribution in [2.45, 2.75) is 46.6 Å². The number of nitrogens with zero attached hydrogens (tertiary/aromatic N) is 1. The van der Waals surface area contributed by atoms with E-state index in [1.165, 1.54) is 12.8 Å². The van der Waals surface area contributed by atoms with Gasteiger partial charge in [0, 0.05) is 58.2 Å². The topological polar surface area (TPSA) is 80.3 Å². The largest absolute Gasteiger partial charge is 0.493 e. The van der Waals surface area contributed by atoms with Gasteiger partial charge in [0.15, 0.2) is 0 Å². The molecule has 7 heteroatoms. The van der Waals surface area contributed by atoms with Crippen molar-refractivity contribution in [1.82, 2.24) is 10.3 Å². The normalized spacial score (nSPS) is 15.5. The van der Waals surface area contributed by atoms with E-state index in [-0.39, 0.29) is 17.4 Å². The molecule has 2 N–H and O–H groups in total. The Labute approximate surface area is 216 Å². The zero-order valence-corrected chi connectivity index (χ0v) is 22.7. The third-order valence-electron chi connectivity index (χ3n) is 6.66. The number of aryl methyl sites for hydroxylation is 1. The van der Waals surface area contributed by atoms with Crippen molar-refractivity contribution < 1.29 is 13.7 Å². The second kappa shape index (κ2) is 11.1. The first-order valence-corrected chi connectivity index (χ1v) is 14.3. The molecule has 1 saturated carbocycles. The highest BCUT2D eigenvalue weighted by atomic mass is 32.2. The van der Waals surface area contributed by atoms with E-state index in [0.717, 1.165) is 46.6 Å². The molecule has 1 aliphatic carbocycles. The van der Waals surface area contributed by atoms with Crippen molar-refractivity contribution in [3.8, 4) is 5.75 Å². The fourth-order valence-corrected chi connectivity index (χ4v) is 5.48. The van der Waals surface area contributed by atoms with Crippen LogP contribution in [0.15, 0.2) is 48.7 Å². The monoisotopic (exact) mass is 507 g/mol. The molecule has 1 amide bonds. The van der Waals surface area contributed by atoms with E-state index in [1.807, 2.05) is 37.4 Å². The van der Waals surface area contributed by atoms with E-state index in [0.29, 0.717) is 17.2 Å². The fraction of sp³-hybridized carbons (Fsp3) is 0.448. The molecule has 0 aliphatic heterocycles. The summed E-state index contributed by atoms with van der Waals surface area (Å²) in [5, 5.41) is 7.62. The number of pyridine rings is 1. The Hall–Kier alpha value is -2.77. The van der Waals surface area contributed by atoms with Crippen molar-refractivity contribution in [2.24, 2.45) is 11.3 Å². The number of hydrogen-bond donors (Lipinski definition) is 2. The van der Waals surface area contributed by atoms with Crippen LogP contribution >= 0.6 is 0 Å². The zero-order chi connectivity index (χ0) is 25.9. The molecular formula is C29H37N3O3S. The smallest absolute Gasteiger partial charge is 0.255 e. The Balaban J connectivity index is 1.41. The minimum atomic E-state index is -0.824. The highest BCUT2D eigenvalue weighted by molar-refractivity contribution is 7.84. The third kappa shape index (κ3) is 6.92. The predicted octanol–water partition coefficient (Wildman–Crippen LogP) is 5.64. The average molecular weight is 508 g/mol. The maximum atomic E-state index is 12.9. The third-order valence-corrected chi connectivity index (χ3v) is 7.84. The van der Waals surface area contributed by atoms with Crippen LogP contribution in [-0.2, 0) is 10.8 Å². The number of anilines is 1. The molecule has 2 atom stereocenters. The highest BCUT2D eigenvalue weighted by Crippen LogP contribution is 2.30. The summed E-state index contributed by atoms with van der Waals surface area (Å²) in [5.74, 6) is 2.00. The average Bonchev–Trinajstić information content (AvgIpc) is 3.67. The molecule has 6 nitrogen and oxygen atoms in total. The molecule has 1 aromatic heterocycles. The molecule has 1 unspecified atom stereocenters.